The summed E-state index contributed by atoms with van der Waals surface area (Å²) in [5.41, 5.74) is 2.99. The zero-order valence-electron chi connectivity index (χ0n) is 16.0. The number of para-hydroxylation sites is 1. The fourth-order valence-electron chi connectivity index (χ4n) is 2.87. The van der Waals surface area contributed by atoms with Crippen LogP contribution in [-0.4, -0.2) is 27.7 Å². The topological polar surface area (TPSA) is 97.4 Å². The normalized spacial score (nSPS) is 10.9. The number of hydrogen-bond donors (Lipinski definition) is 2. The minimum atomic E-state index is -0.376. The van der Waals surface area contributed by atoms with Crippen molar-refractivity contribution in [3.63, 3.8) is 0 Å². The van der Waals surface area contributed by atoms with Gasteiger partial charge in [0.15, 0.2) is 5.96 Å². The second kappa shape index (κ2) is 11.1. The van der Waals surface area contributed by atoms with E-state index < -0.39 is 0 Å². The molecule has 0 amide bonds. The Morgan fingerprint density at radius 1 is 1.03 bits per heavy atom. The Balaban J connectivity index is 0.00000300. The van der Waals surface area contributed by atoms with E-state index in [1.165, 1.54) is 6.07 Å². The van der Waals surface area contributed by atoms with Crippen LogP contribution in [0.25, 0.3) is 0 Å². The molecule has 0 spiro atoms. The fraction of sp³-hybridized carbons (Fsp3) is 0.200. The zero-order chi connectivity index (χ0) is 19.8. The van der Waals surface area contributed by atoms with Crippen LogP contribution >= 0.6 is 24.0 Å². The molecule has 3 aromatic rings. The van der Waals surface area contributed by atoms with Crippen molar-refractivity contribution >= 4 is 35.6 Å². The van der Waals surface area contributed by atoms with E-state index in [1.54, 1.807) is 31.4 Å². The first-order valence-corrected chi connectivity index (χ1v) is 8.88. The molecule has 1 heterocycles. The van der Waals surface area contributed by atoms with Gasteiger partial charge in [0.2, 0.25) is 0 Å². The number of nitrogens with one attached hydrogen (secondary N) is 2. The van der Waals surface area contributed by atoms with Gasteiger partial charge in [-0.3, -0.25) is 19.8 Å². The van der Waals surface area contributed by atoms with E-state index in [0.717, 1.165) is 11.1 Å². The first-order valence-electron chi connectivity index (χ1n) is 8.88. The van der Waals surface area contributed by atoms with E-state index in [4.69, 9.17) is 0 Å². The van der Waals surface area contributed by atoms with Gasteiger partial charge in [-0.05, 0) is 17.2 Å². The molecule has 0 aliphatic carbocycles. The first kappa shape index (κ1) is 22.3. The summed E-state index contributed by atoms with van der Waals surface area (Å²) in [6.45, 7) is 1.58. The average Bonchev–Trinajstić information content (AvgIpc) is 3.22. The van der Waals surface area contributed by atoms with E-state index in [2.05, 4.69) is 32.9 Å². The molecule has 152 valence electrons. The highest BCUT2D eigenvalue weighted by molar-refractivity contribution is 14.0. The molecule has 0 unspecified atom stereocenters. The SMILES string of the molecule is CN=C(NCc1ccccc1Cn1cccn1)NCc1ccccc1[N+](=O)[O-].I. The maximum absolute atomic E-state index is 11.1. The molecular formula is C20H23IN6O2. The maximum atomic E-state index is 11.1. The summed E-state index contributed by atoms with van der Waals surface area (Å²) in [5.74, 6) is 0.576. The van der Waals surface area contributed by atoms with Crippen LogP contribution in [0.4, 0.5) is 5.69 Å². The van der Waals surface area contributed by atoms with Gasteiger partial charge in [0.05, 0.1) is 11.5 Å². The quantitative estimate of drug-likeness (QED) is 0.169. The molecule has 2 N–H and O–H groups in total. The minimum Gasteiger partial charge on any atom is -0.352 e. The van der Waals surface area contributed by atoms with Gasteiger partial charge in [0, 0.05) is 44.2 Å². The van der Waals surface area contributed by atoms with Crippen molar-refractivity contribution < 1.29 is 4.92 Å². The van der Waals surface area contributed by atoms with Crippen molar-refractivity contribution in [3.8, 4) is 0 Å². The van der Waals surface area contributed by atoms with Crippen LogP contribution in [0.1, 0.15) is 16.7 Å². The lowest BCUT2D eigenvalue weighted by molar-refractivity contribution is -0.385. The molecular weight excluding hydrogens is 483 g/mol. The number of rotatable bonds is 7. The number of aromatic nitrogens is 2. The Bertz CT molecular complexity index is 959. The van der Waals surface area contributed by atoms with Gasteiger partial charge in [0.25, 0.3) is 5.69 Å². The van der Waals surface area contributed by atoms with Gasteiger partial charge in [-0.2, -0.15) is 5.10 Å². The van der Waals surface area contributed by atoms with E-state index in [9.17, 15) is 10.1 Å². The van der Waals surface area contributed by atoms with Gasteiger partial charge in [-0.15, -0.1) is 24.0 Å². The Kier molecular flexibility index (Phi) is 8.59. The highest BCUT2D eigenvalue weighted by Gasteiger charge is 2.12. The molecule has 0 fully saturated rings. The molecule has 9 heteroatoms. The summed E-state index contributed by atoms with van der Waals surface area (Å²) < 4.78 is 1.88. The van der Waals surface area contributed by atoms with Crippen molar-refractivity contribution in [2.75, 3.05) is 7.05 Å². The van der Waals surface area contributed by atoms with Crippen LogP contribution in [0, 0.1) is 10.1 Å². The molecule has 2 aromatic carbocycles. The number of nitro groups is 1. The fourth-order valence-corrected chi connectivity index (χ4v) is 2.87. The standard InChI is InChI=1S/C20H22N6O2.HI/c1-21-20(23-14-17-8-4-5-10-19(17)26(27)28)22-13-16-7-2-3-9-18(16)15-25-12-6-11-24-25;/h2-12H,13-15H2,1H3,(H2,21,22,23);1H. The maximum Gasteiger partial charge on any atom is 0.274 e. The molecule has 0 saturated carbocycles. The van der Waals surface area contributed by atoms with Crippen LogP contribution in [-0.2, 0) is 19.6 Å². The Morgan fingerprint density at radius 3 is 2.28 bits per heavy atom. The minimum absolute atomic E-state index is 0. The number of guanidine groups is 1. The molecule has 0 saturated heterocycles. The van der Waals surface area contributed by atoms with Crippen LogP contribution in [0.3, 0.4) is 0 Å². The molecule has 0 aliphatic rings. The largest absolute Gasteiger partial charge is 0.352 e. The summed E-state index contributed by atoms with van der Waals surface area (Å²) in [7, 11) is 1.67. The second-order valence-corrected chi connectivity index (χ2v) is 6.14. The molecule has 0 aliphatic heterocycles. The van der Waals surface area contributed by atoms with E-state index in [0.29, 0.717) is 31.2 Å². The highest BCUT2D eigenvalue weighted by Crippen LogP contribution is 2.17. The van der Waals surface area contributed by atoms with Crippen molar-refractivity contribution in [2.24, 2.45) is 4.99 Å². The third-order valence-corrected chi connectivity index (χ3v) is 4.31. The van der Waals surface area contributed by atoms with Crippen LogP contribution in [0.2, 0.25) is 0 Å². The van der Waals surface area contributed by atoms with E-state index in [1.807, 2.05) is 29.1 Å². The summed E-state index contributed by atoms with van der Waals surface area (Å²) in [5, 5.41) is 21.8. The van der Waals surface area contributed by atoms with Crippen LogP contribution in [0.5, 0.6) is 0 Å². The third kappa shape index (κ3) is 6.28. The second-order valence-electron chi connectivity index (χ2n) is 6.14. The van der Waals surface area contributed by atoms with Gasteiger partial charge in [0.1, 0.15) is 0 Å². The average molecular weight is 506 g/mol. The molecule has 0 atom stereocenters. The summed E-state index contributed by atoms with van der Waals surface area (Å²) in [6, 6.07) is 16.7. The summed E-state index contributed by atoms with van der Waals surface area (Å²) in [4.78, 5) is 15.0. The number of aliphatic imine (C=N–C) groups is 1. The van der Waals surface area contributed by atoms with Crippen molar-refractivity contribution in [3.05, 3.63) is 93.8 Å². The van der Waals surface area contributed by atoms with Gasteiger partial charge in [-0.1, -0.05) is 42.5 Å². The number of halogens is 1. The predicted octanol–water partition coefficient (Wildman–Crippen LogP) is 3.32. The van der Waals surface area contributed by atoms with Crippen LogP contribution in [0.15, 0.2) is 72.0 Å². The lowest BCUT2D eigenvalue weighted by Gasteiger charge is -2.14. The predicted molar refractivity (Wildman–Crippen MR) is 123 cm³/mol. The van der Waals surface area contributed by atoms with Gasteiger partial charge < -0.3 is 10.6 Å². The third-order valence-electron chi connectivity index (χ3n) is 4.31. The Labute approximate surface area is 186 Å². The van der Waals surface area contributed by atoms with E-state index in [-0.39, 0.29) is 34.6 Å². The molecule has 3 rings (SSSR count). The lowest BCUT2D eigenvalue weighted by Crippen LogP contribution is -2.36. The molecule has 0 bridgehead atoms. The molecule has 8 nitrogen and oxygen atoms in total. The Morgan fingerprint density at radius 2 is 1.66 bits per heavy atom. The van der Waals surface area contributed by atoms with Crippen molar-refractivity contribution in [1.29, 1.82) is 0 Å². The van der Waals surface area contributed by atoms with Gasteiger partial charge >= 0.3 is 0 Å². The van der Waals surface area contributed by atoms with Crippen molar-refractivity contribution in [2.45, 2.75) is 19.6 Å². The summed E-state index contributed by atoms with van der Waals surface area (Å²) in [6.07, 6.45) is 3.69. The number of hydrogen-bond acceptors (Lipinski definition) is 4. The molecule has 1 aromatic heterocycles. The highest BCUT2D eigenvalue weighted by atomic mass is 127. The number of benzene rings is 2. The lowest BCUT2D eigenvalue weighted by atomic mass is 10.1. The smallest absolute Gasteiger partial charge is 0.274 e. The number of nitro benzene ring substituents is 1. The number of nitrogens with zero attached hydrogens (tertiary/aromatic N) is 4. The summed E-state index contributed by atoms with van der Waals surface area (Å²) >= 11 is 0. The van der Waals surface area contributed by atoms with Gasteiger partial charge in [-0.25, -0.2) is 0 Å². The Hall–Kier alpha value is -2.95. The van der Waals surface area contributed by atoms with Crippen molar-refractivity contribution in [1.82, 2.24) is 20.4 Å². The molecule has 0 radical (unpaired) electrons. The van der Waals surface area contributed by atoms with E-state index >= 15 is 0 Å². The van der Waals surface area contributed by atoms with Crippen LogP contribution < -0.4 is 10.6 Å². The zero-order valence-corrected chi connectivity index (χ0v) is 18.3. The monoisotopic (exact) mass is 506 g/mol. The molecule has 29 heavy (non-hydrogen) atoms. The first-order chi connectivity index (χ1) is 13.7.